The molecular formula is C12H14ClFN4. The molecule has 1 aromatic heterocycles. The molecule has 6 heteroatoms. The van der Waals surface area contributed by atoms with Crippen LogP contribution in [0.25, 0.3) is 5.69 Å². The average molecular weight is 269 g/mol. The van der Waals surface area contributed by atoms with E-state index >= 15 is 0 Å². The number of aromatic nitrogens is 3. The van der Waals surface area contributed by atoms with Gasteiger partial charge >= 0.3 is 0 Å². The van der Waals surface area contributed by atoms with Crippen LogP contribution in [0.3, 0.4) is 0 Å². The maximum Gasteiger partial charge on any atom is 0.149 e. The molecule has 0 saturated carbocycles. The fourth-order valence-electron chi connectivity index (χ4n) is 1.75. The van der Waals surface area contributed by atoms with Crippen LogP contribution in [-0.2, 0) is 0 Å². The Kier molecular flexibility index (Phi) is 3.63. The van der Waals surface area contributed by atoms with Gasteiger partial charge in [0.25, 0.3) is 0 Å². The third-order valence-corrected chi connectivity index (χ3v) is 3.14. The first-order valence-electron chi connectivity index (χ1n) is 5.59. The lowest BCUT2D eigenvalue weighted by Crippen LogP contribution is -2.14. The summed E-state index contributed by atoms with van der Waals surface area (Å²) in [6, 6.07) is 4.41. The average Bonchev–Trinajstić information content (AvgIpc) is 2.73. The van der Waals surface area contributed by atoms with E-state index in [-0.39, 0.29) is 11.9 Å². The Labute approximate surface area is 110 Å². The van der Waals surface area contributed by atoms with E-state index in [4.69, 9.17) is 11.6 Å². The Balaban J connectivity index is 2.52. The minimum atomic E-state index is -0.379. The zero-order valence-electron chi connectivity index (χ0n) is 10.4. The molecule has 0 amide bonds. The molecule has 1 aromatic carbocycles. The van der Waals surface area contributed by atoms with Gasteiger partial charge in [0, 0.05) is 5.02 Å². The van der Waals surface area contributed by atoms with Gasteiger partial charge in [0.2, 0.25) is 0 Å². The molecule has 0 aliphatic carbocycles. The number of nitrogens with zero attached hydrogens (tertiary/aromatic N) is 3. The molecule has 96 valence electrons. The van der Waals surface area contributed by atoms with Crippen molar-refractivity contribution < 1.29 is 4.39 Å². The number of hydrogen-bond donors (Lipinski definition) is 1. The van der Waals surface area contributed by atoms with Crippen LogP contribution in [0.5, 0.6) is 0 Å². The van der Waals surface area contributed by atoms with Crippen molar-refractivity contribution in [2.24, 2.45) is 0 Å². The number of benzene rings is 1. The predicted molar refractivity (Wildman–Crippen MR) is 68.5 cm³/mol. The molecule has 2 aromatic rings. The minimum Gasteiger partial charge on any atom is -0.312 e. The Hall–Kier alpha value is -1.46. The van der Waals surface area contributed by atoms with E-state index in [1.807, 2.05) is 20.9 Å². The summed E-state index contributed by atoms with van der Waals surface area (Å²) < 4.78 is 15.2. The van der Waals surface area contributed by atoms with Crippen molar-refractivity contribution in [1.82, 2.24) is 20.3 Å². The van der Waals surface area contributed by atoms with Gasteiger partial charge in [-0.05, 0) is 39.1 Å². The van der Waals surface area contributed by atoms with Crippen molar-refractivity contribution in [3.63, 3.8) is 0 Å². The second kappa shape index (κ2) is 5.04. The van der Waals surface area contributed by atoms with E-state index in [2.05, 4.69) is 15.6 Å². The molecule has 1 atom stereocenters. The van der Waals surface area contributed by atoms with E-state index in [1.165, 1.54) is 22.9 Å². The van der Waals surface area contributed by atoms with Crippen molar-refractivity contribution in [3.05, 3.63) is 40.4 Å². The second-order valence-electron chi connectivity index (χ2n) is 4.08. The van der Waals surface area contributed by atoms with E-state index in [1.54, 1.807) is 0 Å². The van der Waals surface area contributed by atoms with Gasteiger partial charge in [-0.25, -0.2) is 9.07 Å². The first kappa shape index (κ1) is 13.0. The predicted octanol–water partition coefficient (Wildman–Crippen LogP) is 2.65. The van der Waals surface area contributed by atoms with Crippen LogP contribution in [0.15, 0.2) is 18.2 Å². The van der Waals surface area contributed by atoms with Crippen molar-refractivity contribution in [2.45, 2.75) is 19.9 Å². The Bertz CT molecular complexity index is 567. The van der Waals surface area contributed by atoms with Crippen LogP contribution in [-0.4, -0.2) is 22.0 Å². The van der Waals surface area contributed by atoms with E-state index in [0.29, 0.717) is 10.7 Å². The monoisotopic (exact) mass is 268 g/mol. The van der Waals surface area contributed by atoms with E-state index < -0.39 is 0 Å². The third-order valence-electron chi connectivity index (χ3n) is 2.91. The summed E-state index contributed by atoms with van der Waals surface area (Å²) in [7, 11) is 1.84. The maximum atomic E-state index is 13.8. The lowest BCUT2D eigenvalue weighted by Gasteiger charge is -2.09. The van der Waals surface area contributed by atoms with Crippen molar-refractivity contribution in [3.8, 4) is 5.69 Å². The Morgan fingerprint density at radius 3 is 2.83 bits per heavy atom. The lowest BCUT2D eigenvalue weighted by atomic mass is 10.2. The normalized spacial score (nSPS) is 12.7. The first-order chi connectivity index (χ1) is 8.54. The highest BCUT2D eigenvalue weighted by atomic mass is 35.5. The zero-order chi connectivity index (χ0) is 13.3. The second-order valence-corrected chi connectivity index (χ2v) is 4.51. The summed E-state index contributed by atoms with van der Waals surface area (Å²) in [5, 5.41) is 11.6. The van der Waals surface area contributed by atoms with E-state index in [9.17, 15) is 4.39 Å². The fourth-order valence-corrected chi connectivity index (χ4v) is 1.92. The quantitative estimate of drug-likeness (QED) is 0.931. The van der Waals surface area contributed by atoms with Gasteiger partial charge in [-0.15, -0.1) is 5.10 Å². The number of halogens is 2. The molecule has 1 heterocycles. The third kappa shape index (κ3) is 2.23. The van der Waals surface area contributed by atoms with Gasteiger partial charge in [0.1, 0.15) is 17.2 Å². The highest BCUT2D eigenvalue weighted by molar-refractivity contribution is 6.30. The SMILES string of the molecule is CNC(C)c1nnn(-c2cc(Cl)ccc2F)c1C. The molecule has 0 radical (unpaired) electrons. The van der Waals surface area contributed by atoms with Crippen LogP contribution in [0.1, 0.15) is 24.4 Å². The van der Waals surface area contributed by atoms with Gasteiger partial charge in [0.05, 0.1) is 11.7 Å². The van der Waals surface area contributed by atoms with Gasteiger partial charge in [-0.3, -0.25) is 0 Å². The lowest BCUT2D eigenvalue weighted by molar-refractivity contribution is 0.604. The molecule has 2 rings (SSSR count). The summed E-state index contributed by atoms with van der Waals surface area (Å²) in [6.45, 7) is 3.82. The van der Waals surface area contributed by atoms with Crippen molar-refractivity contribution in [1.29, 1.82) is 0 Å². The molecule has 0 spiro atoms. The largest absolute Gasteiger partial charge is 0.312 e. The van der Waals surface area contributed by atoms with Crippen molar-refractivity contribution >= 4 is 11.6 Å². The van der Waals surface area contributed by atoms with Crippen LogP contribution in [0, 0.1) is 12.7 Å². The van der Waals surface area contributed by atoms with Crippen LogP contribution in [0.4, 0.5) is 4.39 Å². The molecule has 1 unspecified atom stereocenters. The smallest absolute Gasteiger partial charge is 0.149 e. The molecule has 0 saturated heterocycles. The molecule has 0 aliphatic rings. The Morgan fingerprint density at radius 1 is 1.44 bits per heavy atom. The number of hydrogen-bond acceptors (Lipinski definition) is 3. The summed E-state index contributed by atoms with van der Waals surface area (Å²) in [5.41, 5.74) is 1.89. The Morgan fingerprint density at radius 2 is 2.17 bits per heavy atom. The highest BCUT2D eigenvalue weighted by Gasteiger charge is 2.16. The fraction of sp³-hybridized carbons (Fsp3) is 0.333. The molecular weight excluding hydrogens is 255 g/mol. The minimum absolute atomic E-state index is 0.0565. The summed E-state index contributed by atoms with van der Waals surface area (Å²) in [6.07, 6.45) is 0. The molecule has 18 heavy (non-hydrogen) atoms. The summed E-state index contributed by atoms with van der Waals surface area (Å²) >= 11 is 5.88. The van der Waals surface area contributed by atoms with Gasteiger partial charge in [-0.2, -0.15) is 0 Å². The maximum absolute atomic E-state index is 13.8. The molecule has 4 nitrogen and oxygen atoms in total. The van der Waals surface area contributed by atoms with Gasteiger partial charge in [0.15, 0.2) is 0 Å². The molecule has 0 bridgehead atoms. The van der Waals surface area contributed by atoms with Gasteiger partial charge in [-0.1, -0.05) is 16.8 Å². The first-order valence-corrected chi connectivity index (χ1v) is 5.97. The zero-order valence-corrected chi connectivity index (χ0v) is 11.2. The molecule has 1 N–H and O–H groups in total. The highest BCUT2D eigenvalue weighted by Crippen LogP contribution is 2.22. The number of nitrogens with one attached hydrogen (secondary N) is 1. The van der Waals surface area contributed by atoms with E-state index in [0.717, 1.165) is 11.4 Å². The van der Waals surface area contributed by atoms with Crippen LogP contribution in [0.2, 0.25) is 5.02 Å². The van der Waals surface area contributed by atoms with Gasteiger partial charge < -0.3 is 5.32 Å². The molecule has 0 fully saturated rings. The number of rotatable bonds is 3. The van der Waals surface area contributed by atoms with Crippen LogP contribution < -0.4 is 5.32 Å². The topological polar surface area (TPSA) is 42.7 Å². The standard InChI is InChI=1S/C12H14ClFN4/c1-7(15-3)12-8(2)18(17-16-12)11-6-9(13)4-5-10(11)14/h4-7,15H,1-3H3. The summed E-state index contributed by atoms with van der Waals surface area (Å²) in [5.74, 6) is -0.379. The molecule has 0 aliphatic heterocycles. The van der Waals surface area contributed by atoms with Crippen molar-refractivity contribution in [2.75, 3.05) is 7.05 Å². The van der Waals surface area contributed by atoms with Crippen LogP contribution >= 0.6 is 11.6 Å². The summed E-state index contributed by atoms with van der Waals surface area (Å²) in [4.78, 5) is 0.